The van der Waals surface area contributed by atoms with E-state index in [0.717, 1.165) is 13.0 Å². The summed E-state index contributed by atoms with van der Waals surface area (Å²) in [7, 11) is 0. The molecule has 3 N–H and O–H groups in total. The van der Waals surface area contributed by atoms with Crippen molar-refractivity contribution in [2.45, 2.75) is 12.5 Å². The Kier molecular flexibility index (Phi) is 2.91. The van der Waals surface area contributed by atoms with Gasteiger partial charge in [0.2, 0.25) is 0 Å². The van der Waals surface area contributed by atoms with Crippen molar-refractivity contribution in [2.75, 3.05) is 23.7 Å². The van der Waals surface area contributed by atoms with Crippen LogP contribution in [0.1, 0.15) is 6.42 Å². The smallest absolute Gasteiger partial charge is 0.150 e. The van der Waals surface area contributed by atoms with Crippen molar-refractivity contribution < 1.29 is 5.11 Å². The van der Waals surface area contributed by atoms with E-state index in [1.807, 2.05) is 4.90 Å². The first-order chi connectivity index (χ1) is 7.08. The molecule has 2 heterocycles. The highest BCUT2D eigenvalue weighted by molar-refractivity contribution is 6.37. The first kappa shape index (κ1) is 10.8. The first-order valence-corrected chi connectivity index (χ1v) is 5.38. The number of pyridine rings is 1. The second kappa shape index (κ2) is 4.04. The maximum Gasteiger partial charge on any atom is 0.150 e. The number of nitrogens with zero attached hydrogens (tertiary/aromatic N) is 2. The van der Waals surface area contributed by atoms with Gasteiger partial charge in [0.25, 0.3) is 0 Å². The molecule has 0 aliphatic carbocycles. The van der Waals surface area contributed by atoms with Crippen molar-refractivity contribution in [2.24, 2.45) is 0 Å². The number of halogens is 2. The molecule has 4 nitrogen and oxygen atoms in total. The van der Waals surface area contributed by atoms with E-state index >= 15 is 0 Å². The third-order valence-corrected chi connectivity index (χ3v) is 2.98. The quantitative estimate of drug-likeness (QED) is 0.791. The highest BCUT2D eigenvalue weighted by atomic mass is 35.5. The maximum absolute atomic E-state index is 9.41. The Morgan fingerprint density at radius 3 is 2.80 bits per heavy atom. The summed E-state index contributed by atoms with van der Waals surface area (Å²) in [6.07, 6.45) is 0.403. The average Bonchev–Trinajstić information content (AvgIpc) is 2.58. The van der Waals surface area contributed by atoms with Gasteiger partial charge in [-0.05, 0) is 12.5 Å². The molecule has 0 spiro atoms. The van der Waals surface area contributed by atoms with Crippen molar-refractivity contribution in [3.8, 4) is 0 Å². The third-order valence-electron chi connectivity index (χ3n) is 2.40. The van der Waals surface area contributed by atoms with Gasteiger partial charge in [-0.1, -0.05) is 23.2 Å². The third kappa shape index (κ3) is 2.12. The molecule has 1 aromatic rings. The summed E-state index contributed by atoms with van der Waals surface area (Å²) in [5.74, 6) is 0.854. The zero-order valence-corrected chi connectivity index (χ0v) is 9.46. The minimum absolute atomic E-state index is 0.262. The summed E-state index contributed by atoms with van der Waals surface area (Å²) in [5.41, 5.74) is 5.60. The van der Waals surface area contributed by atoms with E-state index in [1.54, 1.807) is 6.07 Å². The number of anilines is 2. The minimum Gasteiger partial charge on any atom is -0.391 e. The molecule has 0 radical (unpaired) electrons. The minimum atomic E-state index is -0.320. The van der Waals surface area contributed by atoms with E-state index in [1.165, 1.54) is 0 Å². The highest BCUT2D eigenvalue weighted by Gasteiger charge is 2.23. The number of nitrogen functional groups attached to an aromatic ring is 1. The molecule has 82 valence electrons. The summed E-state index contributed by atoms with van der Waals surface area (Å²) in [6.45, 7) is 1.27. The van der Waals surface area contributed by atoms with Crippen LogP contribution in [0.15, 0.2) is 6.07 Å². The Balaban J connectivity index is 2.32. The molecule has 1 aromatic heterocycles. The number of aliphatic hydroxyl groups is 1. The average molecular weight is 248 g/mol. The lowest BCUT2D eigenvalue weighted by atomic mass is 10.3. The maximum atomic E-state index is 9.41. The molecule has 15 heavy (non-hydrogen) atoms. The van der Waals surface area contributed by atoms with E-state index in [2.05, 4.69) is 4.98 Å². The Morgan fingerprint density at radius 2 is 2.20 bits per heavy atom. The summed E-state index contributed by atoms with van der Waals surface area (Å²) in [6, 6.07) is 1.57. The topological polar surface area (TPSA) is 62.4 Å². The molecular formula is C9H11Cl2N3O. The Morgan fingerprint density at radius 1 is 1.47 bits per heavy atom. The summed E-state index contributed by atoms with van der Waals surface area (Å²) in [4.78, 5) is 6.02. The molecule has 1 unspecified atom stereocenters. The summed E-state index contributed by atoms with van der Waals surface area (Å²) in [5, 5.41) is 10.2. The van der Waals surface area contributed by atoms with E-state index in [0.29, 0.717) is 22.4 Å². The molecule has 0 amide bonds. The lowest BCUT2D eigenvalue weighted by molar-refractivity contribution is 0.198. The number of hydrogen-bond acceptors (Lipinski definition) is 4. The monoisotopic (exact) mass is 247 g/mol. The molecule has 1 saturated heterocycles. The van der Waals surface area contributed by atoms with Crippen LogP contribution in [0.3, 0.4) is 0 Å². The fraction of sp³-hybridized carbons (Fsp3) is 0.444. The van der Waals surface area contributed by atoms with Crippen molar-refractivity contribution >= 4 is 34.8 Å². The van der Waals surface area contributed by atoms with E-state index in [4.69, 9.17) is 28.9 Å². The van der Waals surface area contributed by atoms with Crippen LogP contribution in [-0.2, 0) is 0 Å². The SMILES string of the molecule is Nc1nc(N2CCC(O)C2)c(Cl)cc1Cl. The number of aliphatic hydroxyl groups excluding tert-OH is 1. The van der Waals surface area contributed by atoms with Crippen LogP contribution in [0.2, 0.25) is 10.0 Å². The number of β-amino-alcohol motifs (C(OH)–C–C–N with tert-alkyl or cyclic N) is 1. The molecule has 1 aliphatic heterocycles. The largest absolute Gasteiger partial charge is 0.391 e. The Labute approximate surface area is 97.6 Å². The first-order valence-electron chi connectivity index (χ1n) is 4.62. The lowest BCUT2D eigenvalue weighted by Gasteiger charge is -2.18. The number of aromatic nitrogens is 1. The van der Waals surface area contributed by atoms with Crippen molar-refractivity contribution in [3.05, 3.63) is 16.1 Å². The molecule has 0 aromatic carbocycles. The van der Waals surface area contributed by atoms with Crippen LogP contribution in [0.25, 0.3) is 0 Å². The number of hydrogen-bond donors (Lipinski definition) is 2. The summed E-state index contributed by atoms with van der Waals surface area (Å²) >= 11 is 11.8. The lowest BCUT2D eigenvalue weighted by Crippen LogP contribution is -2.22. The van der Waals surface area contributed by atoms with Crippen LogP contribution in [0.5, 0.6) is 0 Å². The predicted octanol–water partition coefficient (Wildman–Crippen LogP) is 1.54. The molecule has 6 heteroatoms. The van der Waals surface area contributed by atoms with Crippen LogP contribution in [0, 0.1) is 0 Å². The van der Waals surface area contributed by atoms with Gasteiger partial charge in [-0.3, -0.25) is 0 Å². The molecular weight excluding hydrogens is 237 g/mol. The van der Waals surface area contributed by atoms with Crippen molar-refractivity contribution in [3.63, 3.8) is 0 Å². The molecule has 1 aliphatic rings. The zero-order valence-electron chi connectivity index (χ0n) is 7.95. The van der Waals surface area contributed by atoms with Gasteiger partial charge in [0, 0.05) is 13.1 Å². The molecule has 1 atom stereocenters. The number of nitrogens with two attached hydrogens (primary N) is 1. The van der Waals surface area contributed by atoms with E-state index < -0.39 is 0 Å². The number of rotatable bonds is 1. The fourth-order valence-corrected chi connectivity index (χ4v) is 2.10. The summed E-state index contributed by atoms with van der Waals surface area (Å²) < 4.78 is 0. The van der Waals surface area contributed by atoms with Crippen LogP contribution < -0.4 is 10.6 Å². The molecule has 0 bridgehead atoms. The van der Waals surface area contributed by atoms with Gasteiger partial charge < -0.3 is 15.7 Å². The van der Waals surface area contributed by atoms with Crippen LogP contribution in [-0.4, -0.2) is 29.3 Å². The second-order valence-electron chi connectivity index (χ2n) is 3.55. The van der Waals surface area contributed by atoms with Gasteiger partial charge in [-0.25, -0.2) is 4.98 Å². The second-order valence-corrected chi connectivity index (χ2v) is 4.36. The normalized spacial score (nSPS) is 21.0. The highest BCUT2D eigenvalue weighted by Crippen LogP contribution is 2.31. The predicted molar refractivity (Wildman–Crippen MR) is 61.5 cm³/mol. The molecule has 1 fully saturated rings. The van der Waals surface area contributed by atoms with Gasteiger partial charge in [0.05, 0.1) is 16.1 Å². The fourth-order valence-electron chi connectivity index (χ4n) is 1.63. The Bertz CT molecular complexity index is 386. The molecule has 0 saturated carbocycles. The zero-order chi connectivity index (χ0) is 11.0. The Hall–Kier alpha value is -0.710. The molecule has 2 rings (SSSR count). The van der Waals surface area contributed by atoms with E-state index in [-0.39, 0.29) is 11.9 Å². The van der Waals surface area contributed by atoms with Gasteiger partial charge >= 0.3 is 0 Å². The van der Waals surface area contributed by atoms with E-state index in [9.17, 15) is 5.11 Å². The van der Waals surface area contributed by atoms with Crippen molar-refractivity contribution in [1.29, 1.82) is 0 Å². The van der Waals surface area contributed by atoms with Gasteiger partial charge in [-0.2, -0.15) is 0 Å². The van der Waals surface area contributed by atoms with Crippen molar-refractivity contribution in [1.82, 2.24) is 4.98 Å². The van der Waals surface area contributed by atoms with Gasteiger partial charge in [-0.15, -0.1) is 0 Å². The van der Waals surface area contributed by atoms with Gasteiger partial charge in [0.1, 0.15) is 11.6 Å². The van der Waals surface area contributed by atoms with Crippen LogP contribution in [0.4, 0.5) is 11.6 Å². The van der Waals surface area contributed by atoms with Crippen LogP contribution >= 0.6 is 23.2 Å². The standard InChI is InChI=1S/C9H11Cl2N3O/c10-6-3-7(11)9(13-8(6)12)14-2-1-5(15)4-14/h3,5,15H,1-2,4H2,(H2,12,13). The van der Waals surface area contributed by atoms with Gasteiger partial charge in [0.15, 0.2) is 0 Å².